The fourth-order valence-electron chi connectivity index (χ4n) is 6.44. The predicted molar refractivity (Wildman–Crippen MR) is 131 cm³/mol. The highest BCUT2D eigenvalue weighted by Gasteiger charge is 2.55. The van der Waals surface area contributed by atoms with Gasteiger partial charge in [0.1, 0.15) is 11.6 Å². The van der Waals surface area contributed by atoms with E-state index in [1.807, 2.05) is 23.1 Å². The maximum atomic E-state index is 14.9. The van der Waals surface area contributed by atoms with Gasteiger partial charge < -0.3 is 9.64 Å². The van der Waals surface area contributed by atoms with Crippen molar-refractivity contribution in [3.05, 3.63) is 64.1 Å². The second-order valence-electron chi connectivity index (χ2n) is 11.3. The van der Waals surface area contributed by atoms with Gasteiger partial charge in [-0.15, -0.1) is 10.2 Å². The Kier molecular flexibility index (Phi) is 5.54. The predicted octanol–water partition coefficient (Wildman–Crippen LogP) is 4.91. The molecule has 5 heterocycles. The molecule has 3 fully saturated rings. The maximum Gasteiger partial charge on any atom is 0.436 e. The Bertz CT molecular complexity index is 1440. The van der Waals surface area contributed by atoms with Crippen molar-refractivity contribution in [2.75, 3.05) is 37.7 Å². The van der Waals surface area contributed by atoms with Crippen LogP contribution in [0.3, 0.4) is 0 Å². The monoisotopic (exact) mass is 566 g/mol. The lowest BCUT2D eigenvalue weighted by molar-refractivity contribution is -0.143. The van der Waals surface area contributed by atoms with Crippen LogP contribution < -0.4 is 4.90 Å². The molecular formula is C26H24ClF5N6O. The first kappa shape index (κ1) is 25.2. The molecule has 7 nitrogen and oxygen atoms in total. The van der Waals surface area contributed by atoms with Crippen LogP contribution in [0.4, 0.5) is 27.8 Å². The molecule has 1 spiro atoms. The van der Waals surface area contributed by atoms with Gasteiger partial charge in [0, 0.05) is 42.5 Å². The summed E-state index contributed by atoms with van der Waals surface area (Å²) in [7, 11) is 0. The summed E-state index contributed by atoms with van der Waals surface area (Å²) < 4.78 is 75.0. The third-order valence-electron chi connectivity index (χ3n) is 8.23. The van der Waals surface area contributed by atoms with E-state index in [0.29, 0.717) is 31.2 Å². The van der Waals surface area contributed by atoms with Gasteiger partial charge in [-0.05, 0) is 48.7 Å². The number of alkyl halides is 4. The average molecular weight is 567 g/mol. The molecule has 1 saturated carbocycles. The zero-order valence-corrected chi connectivity index (χ0v) is 21.4. The molecule has 13 heteroatoms. The third kappa shape index (κ3) is 4.27. The zero-order chi connectivity index (χ0) is 27.2. The van der Waals surface area contributed by atoms with Crippen molar-refractivity contribution in [3.63, 3.8) is 0 Å². The fraction of sp³-hybridized carbons (Fsp3) is 0.500. The van der Waals surface area contributed by atoms with Crippen LogP contribution in [0.1, 0.15) is 41.7 Å². The molecule has 3 aromatic rings. The van der Waals surface area contributed by atoms with Crippen LogP contribution in [0.25, 0.3) is 5.69 Å². The van der Waals surface area contributed by atoms with Crippen molar-refractivity contribution >= 4 is 17.4 Å². The van der Waals surface area contributed by atoms with E-state index >= 15 is 0 Å². The summed E-state index contributed by atoms with van der Waals surface area (Å²) in [6, 6.07) is 7.75. The average Bonchev–Trinajstić information content (AvgIpc) is 3.12. The molecule has 0 N–H and O–H groups in total. The van der Waals surface area contributed by atoms with E-state index in [9.17, 15) is 22.0 Å². The van der Waals surface area contributed by atoms with Crippen LogP contribution in [0.2, 0.25) is 5.02 Å². The smallest absolute Gasteiger partial charge is 0.375 e. The van der Waals surface area contributed by atoms with Gasteiger partial charge in [0.25, 0.3) is 0 Å². The minimum Gasteiger partial charge on any atom is -0.375 e. The summed E-state index contributed by atoms with van der Waals surface area (Å²) in [6.07, 6.45) is -3.25. The number of fused-ring (bicyclic) bond motifs is 3. The molecule has 39 heavy (non-hydrogen) atoms. The number of halogens is 6. The lowest BCUT2D eigenvalue weighted by Gasteiger charge is -2.59. The second kappa shape index (κ2) is 8.58. The Morgan fingerprint density at radius 1 is 1.05 bits per heavy atom. The molecule has 2 aromatic heterocycles. The fourth-order valence-corrected chi connectivity index (χ4v) is 6.64. The molecule has 206 valence electrons. The molecular weight excluding hydrogens is 543 g/mol. The van der Waals surface area contributed by atoms with Crippen molar-refractivity contribution in [2.24, 2.45) is 5.41 Å². The van der Waals surface area contributed by atoms with E-state index in [2.05, 4.69) is 19.7 Å². The van der Waals surface area contributed by atoms with Gasteiger partial charge in [-0.25, -0.2) is 13.8 Å². The second-order valence-corrected chi connectivity index (χ2v) is 11.8. The highest BCUT2D eigenvalue weighted by atomic mass is 35.5. The van der Waals surface area contributed by atoms with Crippen molar-refractivity contribution in [2.45, 2.75) is 43.7 Å². The van der Waals surface area contributed by atoms with E-state index in [0.717, 1.165) is 41.8 Å². The molecule has 1 aliphatic carbocycles. The minimum absolute atomic E-state index is 0.0596. The molecule has 1 aromatic carbocycles. The number of nitrogens with zero attached hydrogens (tertiary/aromatic N) is 6. The highest BCUT2D eigenvalue weighted by Crippen LogP contribution is 2.56. The van der Waals surface area contributed by atoms with Crippen LogP contribution >= 0.6 is 11.6 Å². The Balaban J connectivity index is 1.10. The van der Waals surface area contributed by atoms with Gasteiger partial charge in [-0.1, -0.05) is 11.6 Å². The largest absolute Gasteiger partial charge is 0.436 e. The number of hydrogen-bond donors (Lipinski definition) is 0. The zero-order valence-electron chi connectivity index (χ0n) is 20.7. The third-order valence-corrected chi connectivity index (χ3v) is 8.46. The number of hydrogen-bond acceptors (Lipinski definition) is 6. The Morgan fingerprint density at radius 3 is 2.51 bits per heavy atom. The van der Waals surface area contributed by atoms with E-state index < -0.39 is 23.4 Å². The SMILES string of the molecule is Fc1ccc(N2CC3(CC(c4nnc5n4-c4ccc(Cl)cc4CN(CC4(F)COC4)C5)C3)C2)nc1C(F)(F)F. The summed E-state index contributed by atoms with van der Waals surface area (Å²) in [5.41, 5.74) is -1.06. The van der Waals surface area contributed by atoms with Crippen LogP contribution in [0, 0.1) is 11.2 Å². The molecule has 2 saturated heterocycles. The number of rotatable bonds is 4. The van der Waals surface area contributed by atoms with Gasteiger partial charge in [-0.2, -0.15) is 13.2 Å². The Morgan fingerprint density at radius 2 is 1.82 bits per heavy atom. The summed E-state index contributed by atoms with van der Waals surface area (Å²) in [5, 5.41) is 9.61. The molecule has 0 radical (unpaired) electrons. The van der Waals surface area contributed by atoms with Crippen LogP contribution in [0.5, 0.6) is 0 Å². The number of benzene rings is 1. The maximum absolute atomic E-state index is 14.9. The number of pyridine rings is 1. The first-order valence-electron chi connectivity index (χ1n) is 12.7. The lowest BCUT2D eigenvalue weighted by atomic mass is 9.57. The first-order chi connectivity index (χ1) is 18.5. The minimum atomic E-state index is -4.85. The van der Waals surface area contributed by atoms with E-state index in [4.69, 9.17) is 16.3 Å². The number of ether oxygens (including phenoxy) is 1. The quantitative estimate of drug-likeness (QED) is 0.418. The van der Waals surface area contributed by atoms with Gasteiger partial charge >= 0.3 is 6.18 Å². The van der Waals surface area contributed by atoms with E-state index in [1.165, 1.54) is 6.07 Å². The van der Waals surface area contributed by atoms with Crippen LogP contribution in [-0.4, -0.2) is 63.2 Å². The van der Waals surface area contributed by atoms with Gasteiger partial charge in [-0.3, -0.25) is 9.47 Å². The van der Waals surface area contributed by atoms with Gasteiger partial charge in [0.2, 0.25) is 0 Å². The van der Waals surface area contributed by atoms with Gasteiger partial charge in [0.15, 0.2) is 23.0 Å². The molecule has 0 unspecified atom stereocenters. The Hall–Kier alpha value is -2.83. The molecule has 0 atom stereocenters. The standard InChI is InChI=1S/C26H24ClF5N6O/c27-17-1-3-19-15(5-17)8-36(12-25(29)13-39-14-25)9-21-34-35-23(38(19)21)16-6-24(7-16)10-37(11-24)20-4-2-18(28)22(33-20)26(30,31)32/h1-5,16H,6-14H2. The summed E-state index contributed by atoms with van der Waals surface area (Å²) in [6.45, 7) is 2.40. The molecule has 0 amide bonds. The van der Waals surface area contributed by atoms with E-state index in [1.54, 1.807) is 4.90 Å². The molecule has 3 aliphatic heterocycles. The lowest BCUT2D eigenvalue weighted by Crippen LogP contribution is -2.62. The van der Waals surface area contributed by atoms with Crippen molar-refractivity contribution < 1.29 is 26.7 Å². The number of aromatic nitrogens is 4. The van der Waals surface area contributed by atoms with Crippen LogP contribution in [0.15, 0.2) is 30.3 Å². The van der Waals surface area contributed by atoms with Crippen molar-refractivity contribution in [3.8, 4) is 5.69 Å². The molecule has 7 rings (SSSR count). The first-order valence-corrected chi connectivity index (χ1v) is 13.1. The normalized spacial score (nSPS) is 21.9. The van der Waals surface area contributed by atoms with Gasteiger partial charge in [0.05, 0.1) is 25.4 Å². The highest BCUT2D eigenvalue weighted by molar-refractivity contribution is 6.30. The summed E-state index contributed by atoms with van der Waals surface area (Å²) in [4.78, 5) is 7.31. The van der Waals surface area contributed by atoms with Crippen LogP contribution in [-0.2, 0) is 24.0 Å². The Labute approximate surface area is 225 Å². The van der Waals surface area contributed by atoms with E-state index in [-0.39, 0.29) is 36.9 Å². The number of anilines is 1. The molecule has 4 aliphatic rings. The molecule has 0 bridgehead atoms. The summed E-state index contributed by atoms with van der Waals surface area (Å²) >= 11 is 6.32. The van der Waals surface area contributed by atoms with Crippen molar-refractivity contribution in [1.82, 2.24) is 24.6 Å². The topological polar surface area (TPSA) is 59.3 Å². The van der Waals surface area contributed by atoms with Crippen molar-refractivity contribution in [1.29, 1.82) is 0 Å². The summed E-state index contributed by atoms with van der Waals surface area (Å²) in [5.74, 6) is 0.410.